The molecule has 4 heteroatoms. The Labute approximate surface area is 196 Å². The van der Waals surface area contributed by atoms with Crippen molar-refractivity contribution in [1.29, 1.82) is 0 Å². The van der Waals surface area contributed by atoms with Crippen LogP contribution >= 0.6 is 0 Å². The zero-order valence-electron chi connectivity index (χ0n) is 18.9. The van der Waals surface area contributed by atoms with Crippen LogP contribution in [0.25, 0.3) is 0 Å². The van der Waals surface area contributed by atoms with Gasteiger partial charge in [-0.1, -0.05) is 97.1 Å². The Hall–Kier alpha value is -2.76. The van der Waals surface area contributed by atoms with Gasteiger partial charge in [0.2, 0.25) is 0 Å². The van der Waals surface area contributed by atoms with E-state index < -0.39 is 0 Å². The molecule has 0 aromatic heterocycles. The molecule has 0 bridgehead atoms. The molecule has 0 N–H and O–H groups in total. The van der Waals surface area contributed by atoms with Crippen LogP contribution in [0.5, 0.6) is 0 Å². The highest BCUT2D eigenvalue weighted by molar-refractivity contribution is 5.15. The van der Waals surface area contributed by atoms with Crippen LogP contribution < -0.4 is 0 Å². The van der Waals surface area contributed by atoms with Crippen molar-refractivity contribution in [3.8, 4) is 0 Å². The Morgan fingerprint density at radius 3 is 1.58 bits per heavy atom. The van der Waals surface area contributed by atoms with Gasteiger partial charge in [0.05, 0.1) is 32.5 Å². The molecule has 1 saturated heterocycles. The van der Waals surface area contributed by atoms with Crippen molar-refractivity contribution in [3.05, 3.63) is 120 Å². The van der Waals surface area contributed by atoms with E-state index in [1.165, 1.54) is 0 Å². The fraction of sp³-hybridized carbons (Fsp3) is 0.310. The molecular weight excluding hydrogens is 412 g/mol. The van der Waals surface area contributed by atoms with E-state index in [1.54, 1.807) is 0 Å². The summed E-state index contributed by atoms with van der Waals surface area (Å²) in [5, 5.41) is 0. The van der Waals surface area contributed by atoms with Gasteiger partial charge in [0.1, 0.15) is 18.3 Å². The molecule has 172 valence electrons. The third-order valence-corrected chi connectivity index (χ3v) is 5.77. The molecule has 3 aromatic carbocycles. The maximum atomic E-state index is 6.42. The Balaban J connectivity index is 1.45. The molecule has 4 nitrogen and oxygen atoms in total. The summed E-state index contributed by atoms with van der Waals surface area (Å²) >= 11 is 0. The number of rotatable bonds is 12. The molecule has 0 saturated carbocycles. The molecule has 1 aliphatic rings. The van der Waals surface area contributed by atoms with E-state index in [0.29, 0.717) is 32.8 Å². The lowest BCUT2D eigenvalue weighted by Crippen LogP contribution is -2.39. The van der Waals surface area contributed by atoms with Crippen LogP contribution in [0.4, 0.5) is 0 Å². The Morgan fingerprint density at radius 1 is 0.636 bits per heavy atom. The maximum Gasteiger partial charge on any atom is 0.115 e. The standard InChI is InChI=1S/C29H32O4/c1-2-12-26-28(31-20-24-15-8-4-9-16-24)29(32-21-25-17-10-5-11-18-25)27(33-26)22-30-19-23-13-6-3-7-14-23/h2-11,13-18,26-29H,1,12,19-22H2/t26?,27-,28-,29-/m0/s1. The average molecular weight is 445 g/mol. The van der Waals surface area contributed by atoms with Gasteiger partial charge in [0.25, 0.3) is 0 Å². The summed E-state index contributed by atoms with van der Waals surface area (Å²) in [6.07, 6.45) is 1.78. The summed E-state index contributed by atoms with van der Waals surface area (Å²) in [5.74, 6) is 0. The molecule has 1 unspecified atom stereocenters. The van der Waals surface area contributed by atoms with Crippen LogP contribution in [-0.4, -0.2) is 31.0 Å². The second-order valence-corrected chi connectivity index (χ2v) is 8.26. The SMILES string of the molecule is C=CCC1O[C@@H](COCc2ccccc2)[C@H](OCc2ccccc2)[C@H]1OCc1ccccc1. The van der Waals surface area contributed by atoms with Gasteiger partial charge < -0.3 is 18.9 Å². The number of hydrogen-bond acceptors (Lipinski definition) is 4. The highest BCUT2D eigenvalue weighted by Crippen LogP contribution is 2.31. The monoisotopic (exact) mass is 444 g/mol. The smallest absolute Gasteiger partial charge is 0.115 e. The molecule has 1 heterocycles. The van der Waals surface area contributed by atoms with E-state index in [2.05, 4.69) is 43.0 Å². The van der Waals surface area contributed by atoms with Crippen molar-refractivity contribution in [2.45, 2.75) is 50.7 Å². The molecule has 33 heavy (non-hydrogen) atoms. The van der Waals surface area contributed by atoms with Crippen LogP contribution in [0.15, 0.2) is 104 Å². The topological polar surface area (TPSA) is 36.9 Å². The lowest BCUT2D eigenvalue weighted by Gasteiger charge is -2.25. The first-order valence-electron chi connectivity index (χ1n) is 11.5. The van der Waals surface area contributed by atoms with Crippen molar-refractivity contribution in [2.24, 2.45) is 0 Å². The summed E-state index contributed by atoms with van der Waals surface area (Å²) in [7, 11) is 0. The minimum absolute atomic E-state index is 0.127. The molecule has 4 atom stereocenters. The fourth-order valence-corrected chi connectivity index (χ4v) is 4.10. The van der Waals surface area contributed by atoms with Crippen molar-refractivity contribution in [1.82, 2.24) is 0 Å². The van der Waals surface area contributed by atoms with E-state index in [1.807, 2.05) is 60.7 Å². The summed E-state index contributed by atoms with van der Waals surface area (Å²) in [4.78, 5) is 0. The number of hydrogen-bond donors (Lipinski definition) is 0. The van der Waals surface area contributed by atoms with Crippen LogP contribution in [0.3, 0.4) is 0 Å². The van der Waals surface area contributed by atoms with E-state index in [4.69, 9.17) is 18.9 Å². The fourth-order valence-electron chi connectivity index (χ4n) is 4.10. The second-order valence-electron chi connectivity index (χ2n) is 8.26. The predicted octanol–water partition coefficient (Wildman–Crippen LogP) is 5.72. The van der Waals surface area contributed by atoms with Crippen LogP contribution in [0.2, 0.25) is 0 Å². The van der Waals surface area contributed by atoms with Crippen LogP contribution in [-0.2, 0) is 38.8 Å². The summed E-state index contributed by atoms with van der Waals surface area (Å²) in [5.41, 5.74) is 3.38. The molecule has 0 aliphatic carbocycles. The Bertz CT molecular complexity index is 945. The second kappa shape index (κ2) is 12.5. The van der Waals surface area contributed by atoms with Gasteiger partial charge in [-0.3, -0.25) is 0 Å². The van der Waals surface area contributed by atoms with Gasteiger partial charge in [-0.05, 0) is 23.1 Å². The van der Waals surface area contributed by atoms with Crippen LogP contribution in [0.1, 0.15) is 23.1 Å². The van der Waals surface area contributed by atoms with E-state index in [0.717, 1.165) is 16.7 Å². The zero-order chi connectivity index (χ0) is 22.7. The van der Waals surface area contributed by atoms with Gasteiger partial charge in [-0.2, -0.15) is 0 Å². The molecule has 0 spiro atoms. The first-order valence-corrected chi connectivity index (χ1v) is 11.5. The van der Waals surface area contributed by atoms with Gasteiger partial charge in [-0.25, -0.2) is 0 Å². The minimum atomic E-state index is -0.241. The molecule has 0 amide bonds. The molecular formula is C29H32O4. The van der Waals surface area contributed by atoms with Crippen molar-refractivity contribution < 1.29 is 18.9 Å². The number of benzene rings is 3. The van der Waals surface area contributed by atoms with Gasteiger partial charge in [0.15, 0.2) is 0 Å². The van der Waals surface area contributed by atoms with Crippen molar-refractivity contribution >= 4 is 0 Å². The van der Waals surface area contributed by atoms with E-state index in [-0.39, 0.29) is 24.4 Å². The lowest BCUT2D eigenvalue weighted by atomic mass is 10.0. The molecule has 4 rings (SSSR count). The average Bonchev–Trinajstić information content (AvgIpc) is 3.19. The first-order chi connectivity index (χ1) is 16.3. The Morgan fingerprint density at radius 2 is 1.09 bits per heavy atom. The zero-order valence-corrected chi connectivity index (χ0v) is 18.9. The minimum Gasteiger partial charge on any atom is -0.374 e. The van der Waals surface area contributed by atoms with Gasteiger partial charge >= 0.3 is 0 Å². The first kappa shape index (κ1) is 23.4. The largest absolute Gasteiger partial charge is 0.374 e. The normalized spacial score (nSPS) is 22.3. The molecule has 1 aliphatic heterocycles. The van der Waals surface area contributed by atoms with E-state index in [9.17, 15) is 0 Å². The van der Waals surface area contributed by atoms with E-state index >= 15 is 0 Å². The molecule has 0 radical (unpaired) electrons. The maximum absolute atomic E-state index is 6.42. The Kier molecular flexibility index (Phi) is 8.84. The van der Waals surface area contributed by atoms with Crippen molar-refractivity contribution in [3.63, 3.8) is 0 Å². The molecule has 1 fully saturated rings. The van der Waals surface area contributed by atoms with Gasteiger partial charge in [0, 0.05) is 0 Å². The highest BCUT2D eigenvalue weighted by atomic mass is 16.6. The van der Waals surface area contributed by atoms with Crippen molar-refractivity contribution in [2.75, 3.05) is 6.61 Å². The third-order valence-electron chi connectivity index (χ3n) is 5.77. The summed E-state index contributed by atoms with van der Waals surface area (Å²) in [6.45, 7) is 5.89. The molecule has 3 aromatic rings. The third kappa shape index (κ3) is 6.86. The number of ether oxygens (including phenoxy) is 4. The quantitative estimate of drug-likeness (QED) is 0.335. The highest BCUT2D eigenvalue weighted by Gasteiger charge is 2.45. The summed E-state index contributed by atoms with van der Waals surface area (Å²) < 4.78 is 25.2. The van der Waals surface area contributed by atoms with Gasteiger partial charge in [-0.15, -0.1) is 6.58 Å². The predicted molar refractivity (Wildman–Crippen MR) is 130 cm³/mol. The lowest BCUT2D eigenvalue weighted by molar-refractivity contribution is -0.0898. The summed E-state index contributed by atoms with van der Waals surface area (Å²) in [6, 6.07) is 30.5. The van der Waals surface area contributed by atoms with Crippen LogP contribution in [0, 0.1) is 0 Å².